The number of carbonyl (C=O) groups is 1. The van der Waals surface area contributed by atoms with E-state index in [0.717, 1.165) is 42.6 Å². The third-order valence-corrected chi connectivity index (χ3v) is 4.49. The molecule has 1 amide bonds. The van der Waals surface area contributed by atoms with Gasteiger partial charge in [0.25, 0.3) is 0 Å². The summed E-state index contributed by atoms with van der Waals surface area (Å²) in [6, 6.07) is 7.82. The number of amides is 1. The monoisotopic (exact) mass is 333 g/mol. The number of anilines is 1. The highest BCUT2D eigenvalue weighted by atomic mass is 35.5. The molecule has 0 N–H and O–H groups in total. The van der Waals surface area contributed by atoms with Gasteiger partial charge in [0.2, 0.25) is 5.91 Å². The summed E-state index contributed by atoms with van der Waals surface area (Å²) in [7, 11) is 0. The second-order valence-electron chi connectivity index (χ2n) is 5.04. The first-order valence-electron chi connectivity index (χ1n) is 7.08. The first-order chi connectivity index (χ1) is 10.7. The van der Waals surface area contributed by atoms with Gasteiger partial charge in [0, 0.05) is 48.3 Å². The van der Waals surface area contributed by atoms with E-state index in [4.69, 9.17) is 11.6 Å². The summed E-state index contributed by atoms with van der Waals surface area (Å²) in [5.41, 5.74) is 3.74. The Morgan fingerprint density at radius 3 is 2.55 bits per heavy atom. The van der Waals surface area contributed by atoms with Crippen molar-refractivity contribution in [3.8, 4) is 0 Å². The van der Waals surface area contributed by atoms with E-state index in [-0.39, 0.29) is 5.91 Å². The van der Waals surface area contributed by atoms with Crippen LogP contribution in [-0.2, 0) is 4.79 Å². The molecule has 0 radical (unpaired) electrons. The predicted molar refractivity (Wildman–Crippen MR) is 91.4 cm³/mol. The van der Waals surface area contributed by atoms with Crippen LogP contribution in [0.15, 0.2) is 41.2 Å². The zero-order valence-electron chi connectivity index (χ0n) is 12.0. The van der Waals surface area contributed by atoms with Crippen LogP contribution in [0.3, 0.4) is 0 Å². The maximum atomic E-state index is 12.2. The molecule has 4 nitrogen and oxygen atoms in total. The van der Waals surface area contributed by atoms with Gasteiger partial charge in [-0.15, -0.1) is 11.3 Å². The van der Waals surface area contributed by atoms with E-state index < -0.39 is 0 Å². The Bertz CT molecular complexity index is 647. The van der Waals surface area contributed by atoms with Crippen LogP contribution in [0.5, 0.6) is 0 Å². The zero-order valence-corrected chi connectivity index (χ0v) is 13.6. The van der Waals surface area contributed by atoms with Gasteiger partial charge in [0.05, 0.1) is 11.2 Å². The van der Waals surface area contributed by atoms with E-state index >= 15 is 0 Å². The molecule has 0 bridgehead atoms. The summed E-state index contributed by atoms with van der Waals surface area (Å²) in [6.07, 6.45) is 3.37. The first-order valence-corrected chi connectivity index (χ1v) is 8.40. The van der Waals surface area contributed by atoms with Crippen molar-refractivity contribution < 1.29 is 4.79 Å². The Labute approximate surface area is 138 Å². The normalized spacial score (nSPS) is 15.5. The van der Waals surface area contributed by atoms with E-state index in [1.165, 1.54) is 11.3 Å². The average Bonchev–Trinajstić information content (AvgIpc) is 3.07. The topological polar surface area (TPSA) is 36.4 Å². The molecule has 0 spiro atoms. The third kappa shape index (κ3) is 3.67. The Balaban J connectivity index is 1.55. The van der Waals surface area contributed by atoms with Gasteiger partial charge in [0.15, 0.2) is 0 Å². The number of hydrogen-bond acceptors (Lipinski definition) is 4. The molecule has 1 aromatic heterocycles. The highest BCUT2D eigenvalue weighted by Gasteiger charge is 2.19. The van der Waals surface area contributed by atoms with Gasteiger partial charge in [-0.2, -0.15) is 0 Å². The second-order valence-corrected chi connectivity index (χ2v) is 6.19. The Kier molecular flexibility index (Phi) is 4.75. The van der Waals surface area contributed by atoms with Crippen LogP contribution in [0.2, 0.25) is 5.02 Å². The molecule has 1 aliphatic rings. The number of piperazine rings is 1. The van der Waals surface area contributed by atoms with E-state index in [0.29, 0.717) is 0 Å². The number of benzene rings is 1. The van der Waals surface area contributed by atoms with Gasteiger partial charge in [-0.3, -0.25) is 4.79 Å². The molecule has 2 aromatic rings. The molecule has 2 heterocycles. The van der Waals surface area contributed by atoms with Gasteiger partial charge < -0.3 is 9.80 Å². The largest absolute Gasteiger partial charge is 0.368 e. The minimum atomic E-state index is 0.0451. The SMILES string of the molecule is O=C(/C=C\c1cscn1)N1CCN(c2ccc(Cl)cc2)CC1. The van der Waals surface area contributed by atoms with Crippen molar-refractivity contribution in [1.82, 2.24) is 9.88 Å². The van der Waals surface area contributed by atoms with Crippen LogP contribution >= 0.6 is 22.9 Å². The Morgan fingerprint density at radius 1 is 1.18 bits per heavy atom. The van der Waals surface area contributed by atoms with E-state index in [2.05, 4.69) is 9.88 Å². The van der Waals surface area contributed by atoms with Crippen LogP contribution in [-0.4, -0.2) is 42.0 Å². The van der Waals surface area contributed by atoms with E-state index in [1.54, 1.807) is 17.7 Å². The summed E-state index contributed by atoms with van der Waals surface area (Å²) in [5, 5.41) is 2.66. The van der Waals surface area contributed by atoms with Crippen LogP contribution < -0.4 is 4.90 Å². The van der Waals surface area contributed by atoms with Crippen LogP contribution in [0.4, 0.5) is 5.69 Å². The molecule has 114 valence electrons. The highest BCUT2D eigenvalue weighted by molar-refractivity contribution is 7.07. The van der Waals surface area contributed by atoms with E-state index in [9.17, 15) is 4.79 Å². The van der Waals surface area contributed by atoms with Gasteiger partial charge in [-0.25, -0.2) is 4.98 Å². The van der Waals surface area contributed by atoms with Crippen molar-refractivity contribution in [3.05, 3.63) is 51.9 Å². The van der Waals surface area contributed by atoms with Crippen molar-refractivity contribution in [2.75, 3.05) is 31.1 Å². The molecule has 0 aliphatic carbocycles. The third-order valence-electron chi connectivity index (χ3n) is 3.63. The molecule has 22 heavy (non-hydrogen) atoms. The molecule has 0 saturated carbocycles. The smallest absolute Gasteiger partial charge is 0.246 e. The lowest BCUT2D eigenvalue weighted by Crippen LogP contribution is -2.48. The zero-order chi connectivity index (χ0) is 15.4. The molecule has 0 unspecified atom stereocenters. The Morgan fingerprint density at radius 2 is 1.91 bits per heavy atom. The minimum Gasteiger partial charge on any atom is -0.368 e. The average molecular weight is 334 g/mol. The summed E-state index contributed by atoms with van der Waals surface area (Å²) in [5.74, 6) is 0.0451. The summed E-state index contributed by atoms with van der Waals surface area (Å²) < 4.78 is 0. The summed E-state index contributed by atoms with van der Waals surface area (Å²) in [4.78, 5) is 20.4. The maximum Gasteiger partial charge on any atom is 0.246 e. The number of carbonyl (C=O) groups excluding carboxylic acids is 1. The fraction of sp³-hybridized carbons (Fsp3) is 0.250. The number of thiazole rings is 1. The van der Waals surface area contributed by atoms with Crippen molar-refractivity contribution >= 4 is 40.6 Å². The Hall–Kier alpha value is -1.85. The lowest BCUT2D eigenvalue weighted by Gasteiger charge is -2.35. The molecular weight excluding hydrogens is 318 g/mol. The van der Waals surface area contributed by atoms with Gasteiger partial charge in [-0.05, 0) is 30.3 Å². The minimum absolute atomic E-state index is 0.0451. The number of halogens is 1. The lowest BCUT2D eigenvalue weighted by atomic mass is 10.2. The van der Waals surface area contributed by atoms with Crippen molar-refractivity contribution in [2.24, 2.45) is 0 Å². The van der Waals surface area contributed by atoms with Crippen molar-refractivity contribution in [1.29, 1.82) is 0 Å². The second kappa shape index (κ2) is 6.94. The lowest BCUT2D eigenvalue weighted by molar-refractivity contribution is -0.126. The molecule has 0 atom stereocenters. The molecule has 1 aromatic carbocycles. The predicted octanol–water partition coefficient (Wildman–Crippen LogP) is 3.16. The molecule has 6 heteroatoms. The number of nitrogens with zero attached hydrogens (tertiary/aromatic N) is 3. The molecular formula is C16H16ClN3OS. The van der Waals surface area contributed by atoms with E-state index in [1.807, 2.05) is 34.5 Å². The summed E-state index contributed by atoms with van der Waals surface area (Å²) in [6.45, 7) is 3.11. The number of rotatable bonds is 3. The molecule has 3 rings (SSSR count). The molecule has 1 aliphatic heterocycles. The van der Waals surface area contributed by atoms with Gasteiger partial charge in [-0.1, -0.05) is 11.6 Å². The fourth-order valence-corrected chi connectivity index (χ4v) is 3.05. The molecule has 1 saturated heterocycles. The van der Waals surface area contributed by atoms with Crippen molar-refractivity contribution in [2.45, 2.75) is 0 Å². The number of aromatic nitrogens is 1. The number of hydrogen-bond donors (Lipinski definition) is 0. The molecule has 1 fully saturated rings. The van der Waals surface area contributed by atoms with Gasteiger partial charge in [0.1, 0.15) is 0 Å². The highest BCUT2D eigenvalue weighted by Crippen LogP contribution is 2.19. The van der Waals surface area contributed by atoms with Gasteiger partial charge >= 0.3 is 0 Å². The standard InChI is InChI=1S/C16H16ClN3OS/c17-13-1-4-15(5-2-13)19-7-9-20(10-8-19)16(21)6-3-14-11-22-12-18-14/h1-6,11-12H,7-10H2/b6-3-. The fourth-order valence-electron chi connectivity index (χ4n) is 2.40. The first kappa shape index (κ1) is 15.1. The summed E-state index contributed by atoms with van der Waals surface area (Å²) >= 11 is 7.43. The van der Waals surface area contributed by atoms with Crippen LogP contribution in [0, 0.1) is 0 Å². The van der Waals surface area contributed by atoms with Crippen molar-refractivity contribution in [3.63, 3.8) is 0 Å². The van der Waals surface area contributed by atoms with Crippen LogP contribution in [0.1, 0.15) is 5.69 Å². The van der Waals surface area contributed by atoms with Crippen LogP contribution in [0.25, 0.3) is 6.08 Å². The maximum absolute atomic E-state index is 12.2. The quantitative estimate of drug-likeness (QED) is 0.810.